The van der Waals surface area contributed by atoms with Gasteiger partial charge in [0, 0.05) is 12.8 Å². The highest BCUT2D eigenvalue weighted by Gasteiger charge is 2.22. The molecule has 0 saturated carbocycles. The van der Waals surface area contributed by atoms with Crippen LogP contribution in [0.4, 0.5) is 0 Å². The van der Waals surface area contributed by atoms with Crippen LogP contribution in [-0.2, 0) is 29.2 Å². The maximum Gasteiger partial charge on any atom is 0.161 e. The normalized spacial score (nSPS) is 11.1. The lowest BCUT2D eigenvalue weighted by atomic mass is 9.91. The quantitative estimate of drug-likeness (QED) is 0.150. The molecule has 0 aliphatic carbocycles. The van der Waals surface area contributed by atoms with E-state index in [1.807, 2.05) is 80.6 Å². The summed E-state index contributed by atoms with van der Waals surface area (Å²) in [4.78, 5) is 24.2. The average Bonchev–Trinajstić information content (AvgIpc) is 2.95. The number of benzene rings is 3. The molecule has 0 fully saturated rings. The minimum Gasteiger partial charge on any atom is -0.485 e. The fourth-order valence-corrected chi connectivity index (χ4v) is 4.15. The van der Waals surface area contributed by atoms with Gasteiger partial charge < -0.3 is 9.47 Å². The Labute approximate surface area is 221 Å². The number of carbonyl (C=O) groups excluding carboxylic acids is 2. The van der Waals surface area contributed by atoms with Gasteiger partial charge in [0.15, 0.2) is 11.5 Å². The van der Waals surface area contributed by atoms with Gasteiger partial charge in [0.1, 0.15) is 24.8 Å². The van der Waals surface area contributed by atoms with Crippen LogP contribution in [0, 0.1) is 5.92 Å². The van der Waals surface area contributed by atoms with Gasteiger partial charge in [-0.3, -0.25) is 9.59 Å². The highest BCUT2D eigenvalue weighted by atomic mass is 16.5. The largest absolute Gasteiger partial charge is 0.485 e. The molecule has 194 valence electrons. The molecule has 0 aliphatic heterocycles. The Morgan fingerprint density at radius 1 is 0.676 bits per heavy atom. The van der Waals surface area contributed by atoms with Crippen molar-refractivity contribution in [2.45, 2.75) is 65.6 Å². The Balaban J connectivity index is 1.58. The minimum atomic E-state index is -0.451. The van der Waals surface area contributed by atoms with Crippen LogP contribution in [0.25, 0.3) is 0 Å². The zero-order valence-corrected chi connectivity index (χ0v) is 22.0. The monoisotopic (exact) mass is 498 g/mol. The zero-order valence-electron chi connectivity index (χ0n) is 22.0. The van der Waals surface area contributed by atoms with E-state index in [1.165, 1.54) is 5.56 Å². The van der Waals surface area contributed by atoms with Gasteiger partial charge >= 0.3 is 0 Å². The second-order valence-corrected chi connectivity index (χ2v) is 9.11. The fourth-order valence-electron chi connectivity index (χ4n) is 4.15. The van der Waals surface area contributed by atoms with Gasteiger partial charge in [-0.25, -0.2) is 0 Å². The third-order valence-electron chi connectivity index (χ3n) is 6.35. The maximum absolute atomic E-state index is 12.1. The molecule has 0 aromatic heterocycles. The van der Waals surface area contributed by atoms with Crippen LogP contribution in [0.1, 0.15) is 62.6 Å². The fraction of sp³-hybridized carbons (Fsp3) is 0.333. The molecule has 4 heteroatoms. The molecular weight excluding hydrogens is 460 g/mol. The van der Waals surface area contributed by atoms with Crippen molar-refractivity contribution < 1.29 is 19.1 Å². The van der Waals surface area contributed by atoms with Crippen LogP contribution in [0.15, 0.2) is 91.0 Å². The third kappa shape index (κ3) is 9.38. The molecule has 3 aromatic carbocycles. The maximum atomic E-state index is 12.1. The summed E-state index contributed by atoms with van der Waals surface area (Å²) in [6, 6.07) is 26.3. The predicted molar refractivity (Wildman–Crippen MR) is 149 cm³/mol. The summed E-state index contributed by atoms with van der Waals surface area (Å²) in [5.74, 6) is 1.12. The zero-order chi connectivity index (χ0) is 26.3. The minimum absolute atomic E-state index is 0.0536. The molecule has 0 N–H and O–H groups in total. The molecule has 3 rings (SSSR count). The summed E-state index contributed by atoms with van der Waals surface area (Å²) < 4.78 is 12.3. The molecule has 0 spiro atoms. The van der Waals surface area contributed by atoms with Crippen molar-refractivity contribution in [2.75, 3.05) is 0 Å². The van der Waals surface area contributed by atoms with Crippen molar-refractivity contribution in [1.29, 1.82) is 0 Å². The lowest BCUT2D eigenvalue weighted by Gasteiger charge is -2.14. The van der Waals surface area contributed by atoms with Gasteiger partial charge in [0.05, 0.1) is 5.92 Å². The van der Waals surface area contributed by atoms with E-state index in [0.717, 1.165) is 41.9 Å². The Morgan fingerprint density at radius 2 is 1.22 bits per heavy atom. The van der Waals surface area contributed by atoms with E-state index in [0.29, 0.717) is 32.5 Å². The first kappa shape index (κ1) is 27.9. The first-order chi connectivity index (χ1) is 18.1. The number of hydrogen-bond donors (Lipinski definition) is 0. The molecule has 0 saturated heterocycles. The van der Waals surface area contributed by atoms with Gasteiger partial charge in [-0.2, -0.15) is 0 Å². The molecule has 0 unspecified atom stereocenters. The highest BCUT2D eigenvalue weighted by Crippen LogP contribution is 2.30. The van der Waals surface area contributed by atoms with E-state index in [4.69, 9.17) is 9.47 Å². The summed E-state index contributed by atoms with van der Waals surface area (Å²) in [7, 11) is 0. The SMILES string of the molecule is CCC(=O)C(CCC=CCCc1ccc(OCc2ccccc2)c(OCc2ccccc2)c1)C(=O)CC. The number of allylic oxidation sites excluding steroid dienone is 2. The van der Waals surface area contributed by atoms with Crippen LogP contribution in [0.3, 0.4) is 0 Å². The standard InChI is InChI=1S/C33H38O4/c1-3-30(34)29(31(35)4-2)20-14-6-5-9-15-26-21-22-32(36-24-27-16-10-7-11-17-27)33(23-26)37-25-28-18-12-8-13-19-28/h5-8,10-13,16-19,21-23,29H,3-4,9,14-15,20,24-25H2,1-2H3. The number of ketones is 2. The predicted octanol–water partition coefficient (Wildman–Crippen LogP) is 7.69. The van der Waals surface area contributed by atoms with Gasteiger partial charge in [-0.05, 0) is 54.5 Å². The van der Waals surface area contributed by atoms with E-state index < -0.39 is 5.92 Å². The first-order valence-electron chi connectivity index (χ1n) is 13.3. The second-order valence-electron chi connectivity index (χ2n) is 9.11. The third-order valence-corrected chi connectivity index (χ3v) is 6.35. The molecule has 0 amide bonds. The van der Waals surface area contributed by atoms with Crippen molar-refractivity contribution in [3.05, 3.63) is 108 Å². The van der Waals surface area contributed by atoms with Crippen molar-refractivity contribution in [2.24, 2.45) is 5.92 Å². The van der Waals surface area contributed by atoms with Gasteiger partial charge in [-0.15, -0.1) is 0 Å². The molecule has 0 atom stereocenters. The molecule has 0 bridgehead atoms. The summed E-state index contributed by atoms with van der Waals surface area (Å²) in [6.45, 7) is 4.60. The molecule has 3 aromatic rings. The van der Waals surface area contributed by atoms with E-state index in [1.54, 1.807) is 0 Å². The molecule has 0 radical (unpaired) electrons. The van der Waals surface area contributed by atoms with Crippen LogP contribution in [-0.4, -0.2) is 11.6 Å². The van der Waals surface area contributed by atoms with E-state index in [2.05, 4.69) is 24.3 Å². The lowest BCUT2D eigenvalue weighted by Crippen LogP contribution is -2.22. The topological polar surface area (TPSA) is 52.6 Å². The Morgan fingerprint density at radius 3 is 1.78 bits per heavy atom. The van der Waals surface area contributed by atoms with Gasteiger partial charge in [0.2, 0.25) is 0 Å². The van der Waals surface area contributed by atoms with Crippen LogP contribution in [0.2, 0.25) is 0 Å². The molecule has 37 heavy (non-hydrogen) atoms. The van der Waals surface area contributed by atoms with Gasteiger partial charge in [-0.1, -0.05) is 92.7 Å². The number of ether oxygens (including phenoxy) is 2. The lowest BCUT2D eigenvalue weighted by molar-refractivity contribution is -0.132. The number of hydrogen-bond acceptors (Lipinski definition) is 4. The number of rotatable bonds is 16. The Bertz CT molecular complexity index is 1120. The number of carbonyl (C=O) groups is 2. The Kier molecular flexibility index (Phi) is 11.7. The van der Waals surface area contributed by atoms with Crippen LogP contribution < -0.4 is 9.47 Å². The van der Waals surface area contributed by atoms with Crippen LogP contribution >= 0.6 is 0 Å². The highest BCUT2D eigenvalue weighted by molar-refractivity contribution is 6.02. The van der Waals surface area contributed by atoms with E-state index >= 15 is 0 Å². The molecular formula is C33H38O4. The van der Waals surface area contributed by atoms with Crippen molar-refractivity contribution in [1.82, 2.24) is 0 Å². The van der Waals surface area contributed by atoms with E-state index in [9.17, 15) is 9.59 Å². The average molecular weight is 499 g/mol. The number of Topliss-reactive ketones (excluding diaryl/α,β-unsaturated/α-hetero) is 2. The molecule has 0 aliphatic rings. The second kappa shape index (κ2) is 15.5. The first-order valence-corrected chi connectivity index (χ1v) is 13.3. The van der Waals surface area contributed by atoms with Crippen molar-refractivity contribution in [3.8, 4) is 11.5 Å². The number of aryl methyl sites for hydroxylation is 1. The smallest absolute Gasteiger partial charge is 0.161 e. The molecule has 0 heterocycles. The van der Waals surface area contributed by atoms with Crippen molar-refractivity contribution in [3.63, 3.8) is 0 Å². The van der Waals surface area contributed by atoms with E-state index in [-0.39, 0.29) is 11.6 Å². The summed E-state index contributed by atoms with van der Waals surface area (Å²) in [5.41, 5.74) is 3.38. The molecule has 4 nitrogen and oxygen atoms in total. The Hall–Kier alpha value is -3.66. The van der Waals surface area contributed by atoms with Crippen LogP contribution in [0.5, 0.6) is 11.5 Å². The van der Waals surface area contributed by atoms with Crippen molar-refractivity contribution >= 4 is 11.6 Å². The summed E-state index contributed by atoms with van der Waals surface area (Å²) in [5, 5.41) is 0. The summed E-state index contributed by atoms with van der Waals surface area (Å²) in [6.07, 6.45) is 8.12. The summed E-state index contributed by atoms with van der Waals surface area (Å²) >= 11 is 0. The van der Waals surface area contributed by atoms with Gasteiger partial charge in [0.25, 0.3) is 0 Å².